The zero-order valence-electron chi connectivity index (χ0n) is 17.1. The van der Waals surface area contributed by atoms with Crippen molar-refractivity contribution in [3.63, 3.8) is 0 Å². The van der Waals surface area contributed by atoms with Crippen molar-refractivity contribution in [3.05, 3.63) is 84.6 Å². The maximum absolute atomic E-state index is 12.5. The van der Waals surface area contributed by atoms with Gasteiger partial charge in [0.1, 0.15) is 34.6 Å². The van der Waals surface area contributed by atoms with Gasteiger partial charge in [-0.2, -0.15) is 5.26 Å². The Morgan fingerprint density at radius 1 is 0.903 bits per heavy atom. The van der Waals surface area contributed by atoms with Crippen LogP contribution in [0.1, 0.15) is 0 Å². The predicted octanol–water partition coefficient (Wildman–Crippen LogP) is 4.95. The van der Waals surface area contributed by atoms with E-state index in [0.717, 1.165) is 0 Å². The lowest BCUT2D eigenvalue weighted by molar-refractivity contribution is -0.112. The highest BCUT2D eigenvalue weighted by Gasteiger charge is 2.11. The van der Waals surface area contributed by atoms with E-state index in [9.17, 15) is 10.1 Å². The van der Waals surface area contributed by atoms with Crippen LogP contribution >= 0.6 is 0 Å². The molecule has 0 unspecified atom stereocenters. The summed E-state index contributed by atoms with van der Waals surface area (Å²) in [5, 5.41) is 15.0. The summed E-state index contributed by atoms with van der Waals surface area (Å²) in [6.07, 6.45) is 1.33. The summed E-state index contributed by atoms with van der Waals surface area (Å²) in [5.41, 5.74) is 1.03. The Bertz CT molecular complexity index is 1100. The Kier molecular flexibility index (Phi) is 7.12. The van der Waals surface area contributed by atoms with Gasteiger partial charge in [-0.15, -0.1) is 0 Å². The first-order valence-electron chi connectivity index (χ1n) is 9.36. The van der Waals surface area contributed by atoms with Crippen LogP contribution in [0.3, 0.4) is 0 Å². The summed E-state index contributed by atoms with van der Waals surface area (Å²) in [6.45, 7) is 0. The summed E-state index contributed by atoms with van der Waals surface area (Å²) in [4.78, 5) is 12.5. The lowest BCUT2D eigenvalue weighted by Crippen LogP contribution is -2.14. The van der Waals surface area contributed by atoms with Gasteiger partial charge in [0.05, 0.1) is 19.9 Å². The Morgan fingerprint density at radius 3 is 2.23 bits per heavy atom. The summed E-state index contributed by atoms with van der Waals surface area (Å²) in [7, 11) is 3.08. The predicted molar refractivity (Wildman–Crippen MR) is 118 cm³/mol. The molecule has 156 valence electrons. The number of nitrogens with one attached hydrogen (secondary N) is 2. The second-order valence-electron chi connectivity index (χ2n) is 6.27. The molecule has 0 aliphatic rings. The number of benzene rings is 3. The molecule has 3 aromatic carbocycles. The number of methoxy groups -OCH3 is 2. The normalized spacial score (nSPS) is 10.5. The van der Waals surface area contributed by atoms with Gasteiger partial charge in [0.25, 0.3) is 5.91 Å². The highest BCUT2D eigenvalue weighted by atomic mass is 16.5. The van der Waals surface area contributed by atoms with Crippen LogP contribution in [0.5, 0.6) is 23.0 Å². The molecule has 0 spiro atoms. The number of hydrogen-bond donors (Lipinski definition) is 2. The van der Waals surface area contributed by atoms with E-state index in [-0.39, 0.29) is 5.57 Å². The molecule has 0 radical (unpaired) electrons. The highest BCUT2D eigenvalue weighted by Crippen LogP contribution is 2.29. The van der Waals surface area contributed by atoms with Gasteiger partial charge in [-0.05, 0) is 48.5 Å². The molecule has 3 rings (SSSR count). The van der Waals surface area contributed by atoms with Gasteiger partial charge in [0, 0.05) is 18.0 Å². The van der Waals surface area contributed by atoms with Crippen LogP contribution in [0.25, 0.3) is 0 Å². The molecule has 7 nitrogen and oxygen atoms in total. The van der Waals surface area contributed by atoms with Gasteiger partial charge in [0.15, 0.2) is 0 Å². The van der Waals surface area contributed by atoms with Gasteiger partial charge in [-0.1, -0.05) is 18.2 Å². The van der Waals surface area contributed by atoms with Crippen LogP contribution in [0, 0.1) is 11.3 Å². The van der Waals surface area contributed by atoms with Crippen molar-refractivity contribution in [1.82, 2.24) is 0 Å². The van der Waals surface area contributed by atoms with Crippen LogP contribution in [-0.2, 0) is 4.79 Å². The van der Waals surface area contributed by atoms with Gasteiger partial charge >= 0.3 is 0 Å². The standard InChI is InChI=1S/C24H21N3O4/c1-29-21-12-13-22(23(14-21)30-2)26-16-17(15-25)24(28)27-18-8-10-20(11-9-18)31-19-6-4-3-5-7-19/h3-14,16,26H,1-2H3,(H,27,28)/b17-16-. The number of nitriles is 1. The summed E-state index contributed by atoms with van der Waals surface area (Å²) in [5.74, 6) is 1.95. The lowest BCUT2D eigenvalue weighted by Gasteiger charge is -2.11. The summed E-state index contributed by atoms with van der Waals surface area (Å²) >= 11 is 0. The number of amides is 1. The van der Waals surface area contributed by atoms with Crippen molar-refractivity contribution in [2.24, 2.45) is 0 Å². The molecule has 0 saturated heterocycles. The molecule has 0 aliphatic heterocycles. The zero-order valence-corrected chi connectivity index (χ0v) is 17.1. The molecule has 3 aromatic rings. The van der Waals surface area contributed by atoms with Crippen molar-refractivity contribution < 1.29 is 19.0 Å². The van der Waals surface area contributed by atoms with Gasteiger partial charge < -0.3 is 24.8 Å². The number of para-hydroxylation sites is 1. The fourth-order valence-electron chi connectivity index (χ4n) is 2.65. The van der Waals surface area contributed by atoms with Gasteiger partial charge in [-0.3, -0.25) is 4.79 Å². The van der Waals surface area contributed by atoms with E-state index in [1.807, 2.05) is 36.4 Å². The van der Waals surface area contributed by atoms with Crippen LogP contribution in [0.15, 0.2) is 84.6 Å². The number of hydrogen-bond acceptors (Lipinski definition) is 6. The molecular weight excluding hydrogens is 394 g/mol. The maximum Gasteiger partial charge on any atom is 0.267 e. The minimum Gasteiger partial charge on any atom is -0.497 e. The number of rotatable bonds is 8. The highest BCUT2D eigenvalue weighted by molar-refractivity contribution is 6.06. The molecule has 0 fully saturated rings. The molecule has 0 atom stereocenters. The fourth-order valence-corrected chi connectivity index (χ4v) is 2.65. The van der Waals surface area contributed by atoms with Crippen LogP contribution in [-0.4, -0.2) is 20.1 Å². The minimum absolute atomic E-state index is 0.0949. The average molecular weight is 415 g/mol. The third-order valence-electron chi connectivity index (χ3n) is 4.24. The molecule has 0 bridgehead atoms. The Hall–Kier alpha value is -4.44. The summed E-state index contributed by atoms with van der Waals surface area (Å²) < 4.78 is 16.2. The number of anilines is 2. The van der Waals surface area contributed by atoms with E-state index in [4.69, 9.17) is 14.2 Å². The Balaban J connectivity index is 1.65. The van der Waals surface area contributed by atoms with E-state index in [2.05, 4.69) is 10.6 Å². The average Bonchev–Trinajstić information content (AvgIpc) is 2.81. The van der Waals surface area contributed by atoms with Gasteiger partial charge in [0.2, 0.25) is 0 Å². The molecule has 0 saturated carbocycles. The number of carbonyl (C=O) groups excluding carboxylic acids is 1. The van der Waals surface area contributed by atoms with Crippen molar-refractivity contribution in [3.8, 4) is 29.1 Å². The number of carbonyl (C=O) groups is 1. The third-order valence-corrected chi connectivity index (χ3v) is 4.24. The van der Waals surface area contributed by atoms with Gasteiger partial charge in [-0.25, -0.2) is 0 Å². The van der Waals surface area contributed by atoms with Crippen molar-refractivity contribution in [2.75, 3.05) is 24.9 Å². The first kappa shape index (κ1) is 21.3. The topological polar surface area (TPSA) is 92.6 Å². The molecular formula is C24H21N3O4. The van der Waals surface area contributed by atoms with Crippen LogP contribution < -0.4 is 24.8 Å². The fraction of sp³-hybridized carbons (Fsp3) is 0.0833. The zero-order chi connectivity index (χ0) is 22.1. The van der Waals surface area contributed by atoms with Crippen molar-refractivity contribution in [1.29, 1.82) is 5.26 Å². The quantitative estimate of drug-likeness (QED) is 0.399. The molecule has 1 amide bonds. The SMILES string of the molecule is COc1ccc(N/C=C(/C#N)C(=O)Nc2ccc(Oc3ccccc3)cc2)c(OC)c1. The third kappa shape index (κ3) is 5.78. The Labute approximate surface area is 180 Å². The lowest BCUT2D eigenvalue weighted by atomic mass is 10.2. The van der Waals surface area contributed by atoms with Crippen molar-refractivity contribution >= 4 is 17.3 Å². The van der Waals surface area contributed by atoms with E-state index < -0.39 is 5.91 Å². The van der Waals surface area contributed by atoms with E-state index in [1.165, 1.54) is 13.3 Å². The molecule has 0 heterocycles. The molecule has 7 heteroatoms. The largest absolute Gasteiger partial charge is 0.497 e. The first-order valence-corrected chi connectivity index (χ1v) is 9.36. The van der Waals surface area contributed by atoms with Crippen molar-refractivity contribution in [2.45, 2.75) is 0 Å². The minimum atomic E-state index is -0.542. The first-order chi connectivity index (χ1) is 15.1. The summed E-state index contributed by atoms with van der Waals surface area (Å²) in [6, 6.07) is 23.3. The maximum atomic E-state index is 12.5. The van der Waals surface area contributed by atoms with Crippen LogP contribution in [0.4, 0.5) is 11.4 Å². The number of nitrogens with zero attached hydrogens (tertiary/aromatic N) is 1. The Morgan fingerprint density at radius 2 is 1.58 bits per heavy atom. The van der Waals surface area contributed by atoms with E-state index in [0.29, 0.717) is 34.4 Å². The molecule has 0 aromatic heterocycles. The monoisotopic (exact) mass is 415 g/mol. The second kappa shape index (κ2) is 10.4. The second-order valence-corrected chi connectivity index (χ2v) is 6.27. The molecule has 0 aliphatic carbocycles. The van der Waals surface area contributed by atoms with E-state index >= 15 is 0 Å². The molecule has 2 N–H and O–H groups in total. The van der Waals surface area contributed by atoms with E-state index in [1.54, 1.807) is 49.6 Å². The smallest absolute Gasteiger partial charge is 0.267 e. The molecule has 31 heavy (non-hydrogen) atoms. The number of ether oxygens (including phenoxy) is 3. The van der Waals surface area contributed by atoms with Crippen LogP contribution in [0.2, 0.25) is 0 Å².